The fourth-order valence-corrected chi connectivity index (χ4v) is 3.14. The van der Waals surface area contributed by atoms with E-state index in [1.165, 1.54) is 0 Å². The third-order valence-electron chi connectivity index (χ3n) is 3.88. The standard InChI is InChI=1S/C21H19ClO2/c1-15(23)24-20-14-8-6-12-18(20)21(16-9-3-2-4-10-16)17-11-5-7-13-19(17)22/h2-15,21,23H,1H3. The van der Waals surface area contributed by atoms with Gasteiger partial charge >= 0.3 is 0 Å². The summed E-state index contributed by atoms with van der Waals surface area (Å²) in [7, 11) is 0. The highest BCUT2D eigenvalue weighted by Crippen LogP contribution is 2.39. The van der Waals surface area contributed by atoms with Crippen LogP contribution in [0.4, 0.5) is 0 Å². The molecular formula is C21H19ClO2. The summed E-state index contributed by atoms with van der Waals surface area (Å²) in [5.74, 6) is 0.580. The highest BCUT2D eigenvalue weighted by atomic mass is 35.5. The lowest BCUT2D eigenvalue weighted by Crippen LogP contribution is -2.13. The Balaban J connectivity index is 2.19. The second-order valence-corrected chi connectivity index (χ2v) is 6.03. The van der Waals surface area contributed by atoms with Gasteiger partial charge in [-0.1, -0.05) is 78.3 Å². The summed E-state index contributed by atoms with van der Waals surface area (Å²) in [6.45, 7) is 1.60. The van der Waals surface area contributed by atoms with Gasteiger partial charge < -0.3 is 9.84 Å². The van der Waals surface area contributed by atoms with E-state index in [1.54, 1.807) is 6.92 Å². The molecule has 1 N–H and O–H groups in total. The molecule has 122 valence electrons. The van der Waals surface area contributed by atoms with Crippen molar-refractivity contribution in [1.82, 2.24) is 0 Å². The minimum absolute atomic E-state index is 0.0742. The van der Waals surface area contributed by atoms with Gasteiger partial charge in [0.2, 0.25) is 0 Å². The number of aliphatic hydroxyl groups excluding tert-OH is 1. The van der Waals surface area contributed by atoms with Gasteiger partial charge in [-0.3, -0.25) is 0 Å². The number of halogens is 1. The van der Waals surface area contributed by atoms with Crippen LogP contribution in [-0.2, 0) is 0 Å². The van der Waals surface area contributed by atoms with Crippen molar-refractivity contribution in [2.24, 2.45) is 0 Å². The highest BCUT2D eigenvalue weighted by molar-refractivity contribution is 6.31. The largest absolute Gasteiger partial charge is 0.465 e. The quantitative estimate of drug-likeness (QED) is 0.509. The predicted octanol–water partition coefficient (Wildman–Crippen LogP) is 5.24. The Morgan fingerprint density at radius 1 is 0.792 bits per heavy atom. The average molecular weight is 339 g/mol. The van der Waals surface area contributed by atoms with Gasteiger partial charge in [0.15, 0.2) is 6.29 Å². The van der Waals surface area contributed by atoms with Crippen LogP contribution in [0.2, 0.25) is 5.02 Å². The number of para-hydroxylation sites is 1. The van der Waals surface area contributed by atoms with Gasteiger partial charge in [-0.2, -0.15) is 0 Å². The zero-order valence-corrected chi connectivity index (χ0v) is 14.1. The summed E-state index contributed by atoms with van der Waals surface area (Å²) in [5.41, 5.74) is 3.09. The molecule has 3 rings (SSSR count). The molecule has 2 unspecified atom stereocenters. The van der Waals surface area contributed by atoms with Crippen molar-refractivity contribution in [3.05, 3.63) is 101 Å². The van der Waals surface area contributed by atoms with Gasteiger partial charge in [-0.25, -0.2) is 0 Å². The molecule has 0 aromatic heterocycles. The molecule has 0 aliphatic rings. The third kappa shape index (κ3) is 3.61. The molecule has 0 saturated carbocycles. The molecule has 2 atom stereocenters. The molecule has 0 saturated heterocycles. The molecule has 0 radical (unpaired) electrons. The number of rotatable bonds is 5. The first-order chi connectivity index (χ1) is 11.7. The number of aliphatic hydroxyl groups is 1. The van der Waals surface area contributed by atoms with Gasteiger partial charge in [0.05, 0.1) is 0 Å². The fourth-order valence-electron chi connectivity index (χ4n) is 2.89. The van der Waals surface area contributed by atoms with E-state index in [0.29, 0.717) is 10.8 Å². The Kier molecular flexibility index (Phi) is 5.19. The lowest BCUT2D eigenvalue weighted by Gasteiger charge is -2.23. The average Bonchev–Trinajstić information content (AvgIpc) is 2.59. The van der Waals surface area contributed by atoms with Crippen LogP contribution in [0.25, 0.3) is 0 Å². The van der Waals surface area contributed by atoms with E-state index in [2.05, 4.69) is 12.1 Å². The molecule has 0 aliphatic heterocycles. The summed E-state index contributed by atoms with van der Waals surface area (Å²) in [6.07, 6.45) is -0.881. The number of ether oxygens (including phenoxy) is 1. The van der Waals surface area contributed by atoms with Crippen LogP contribution in [0.1, 0.15) is 29.5 Å². The van der Waals surface area contributed by atoms with E-state index in [-0.39, 0.29) is 5.92 Å². The normalized spacial score (nSPS) is 13.3. The Hall–Kier alpha value is -2.29. The van der Waals surface area contributed by atoms with Crippen LogP contribution in [0.5, 0.6) is 5.75 Å². The van der Waals surface area contributed by atoms with Crippen LogP contribution in [0.3, 0.4) is 0 Å². The maximum atomic E-state index is 9.66. The van der Waals surface area contributed by atoms with Crippen LogP contribution in [0, 0.1) is 0 Å². The van der Waals surface area contributed by atoms with Crippen LogP contribution in [-0.4, -0.2) is 11.4 Å². The molecule has 0 heterocycles. The first-order valence-corrected chi connectivity index (χ1v) is 8.27. The monoisotopic (exact) mass is 338 g/mol. The minimum Gasteiger partial charge on any atom is -0.465 e. The lowest BCUT2D eigenvalue weighted by molar-refractivity contribution is -0.00104. The van der Waals surface area contributed by atoms with E-state index in [0.717, 1.165) is 16.7 Å². The summed E-state index contributed by atoms with van der Waals surface area (Å²) in [4.78, 5) is 0. The van der Waals surface area contributed by atoms with Crippen molar-refractivity contribution >= 4 is 11.6 Å². The summed E-state index contributed by atoms with van der Waals surface area (Å²) in [5, 5.41) is 10.4. The molecule has 0 bridgehead atoms. The van der Waals surface area contributed by atoms with E-state index in [4.69, 9.17) is 16.3 Å². The molecule has 3 aromatic carbocycles. The predicted molar refractivity (Wildman–Crippen MR) is 97.6 cm³/mol. The molecule has 24 heavy (non-hydrogen) atoms. The third-order valence-corrected chi connectivity index (χ3v) is 4.22. The van der Waals surface area contributed by atoms with Crippen molar-refractivity contribution in [1.29, 1.82) is 0 Å². The molecule has 3 heteroatoms. The van der Waals surface area contributed by atoms with E-state index in [1.807, 2.05) is 66.7 Å². The summed E-state index contributed by atoms with van der Waals surface area (Å²) < 4.78 is 5.62. The zero-order valence-electron chi connectivity index (χ0n) is 13.4. The number of hydrogen-bond acceptors (Lipinski definition) is 2. The molecule has 0 amide bonds. The van der Waals surface area contributed by atoms with Gasteiger partial charge in [0, 0.05) is 16.5 Å². The molecule has 3 aromatic rings. The maximum Gasteiger partial charge on any atom is 0.194 e. The summed E-state index contributed by atoms with van der Waals surface area (Å²) in [6, 6.07) is 25.7. The zero-order chi connectivity index (χ0) is 16.9. The topological polar surface area (TPSA) is 29.5 Å². The smallest absolute Gasteiger partial charge is 0.194 e. The van der Waals surface area contributed by atoms with Crippen LogP contribution < -0.4 is 4.74 Å². The Morgan fingerprint density at radius 3 is 2.04 bits per heavy atom. The van der Waals surface area contributed by atoms with E-state index < -0.39 is 6.29 Å². The molecule has 0 fully saturated rings. The Bertz CT molecular complexity index is 800. The van der Waals surface area contributed by atoms with Gasteiger partial charge in [0.25, 0.3) is 0 Å². The van der Waals surface area contributed by atoms with Gasteiger partial charge in [-0.05, 0) is 30.2 Å². The van der Waals surface area contributed by atoms with Crippen molar-refractivity contribution in [3.63, 3.8) is 0 Å². The highest BCUT2D eigenvalue weighted by Gasteiger charge is 2.22. The van der Waals surface area contributed by atoms with Crippen molar-refractivity contribution < 1.29 is 9.84 Å². The Labute approximate surface area is 147 Å². The second-order valence-electron chi connectivity index (χ2n) is 5.62. The summed E-state index contributed by atoms with van der Waals surface area (Å²) >= 11 is 6.49. The van der Waals surface area contributed by atoms with Crippen LogP contribution in [0.15, 0.2) is 78.9 Å². The number of benzene rings is 3. The van der Waals surface area contributed by atoms with Gasteiger partial charge in [0.1, 0.15) is 5.75 Å². The second kappa shape index (κ2) is 7.52. The Morgan fingerprint density at radius 2 is 1.38 bits per heavy atom. The SMILES string of the molecule is CC(O)Oc1ccccc1C(c1ccccc1)c1ccccc1Cl. The maximum absolute atomic E-state index is 9.66. The molecular weight excluding hydrogens is 320 g/mol. The van der Waals surface area contributed by atoms with E-state index >= 15 is 0 Å². The first-order valence-electron chi connectivity index (χ1n) is 7.90. The minimum atomic E-state index is -0.881. The van der Waals surface area contributed by atoms with Crippen molar-refractivity contribution in [2.75, 3.05) is 0 Å². The molecule has 2 nitrogen and oxygen atoms in total. The molecule has 0 aliphatic carbocycles. The molecule has 0 spiro atoms. The van der Waals surface area contributed by atoms with Crippen molar-refractivity contribution in [3.8, 4) is 5.75 Å². The van der Waals surface area contributed by atoms with Gasteiger partial charge in [-0.15, -0.1) is 0 Å². The fraction of sp³-hybridized carbons (Fsp3) is 0.143. The van der Waals surface area contributed by atoms with Crippen molar-refractivity contribution in [2.45, 2.75) is 19.1 Å². The first kappa shape index (κ1) is 16.6. The van der Waals surface area contributed by atoms with E-state index in [9.17, 15) is 5.11 Å². The number of hydrogen-bond donors (Lipinski definition) is 1. The van der Waals surface area contributed by atoms with Crippen LogP contribution >= 0.6 is 11.6 Å². The lowest BCUT2D eigenvalue weighted by atomic mass is 9.84.